The Hall–Kier alpha value is -0.500. The fourth-order valence-corrected chi connectivity index (χ4v) is 2.63. The lowest BCUT2D eigenvalue weighted by Crippen LogP contribution is -2.12. The molecule has 1 aromatic rings. The second-order valence-electron chi connectivity index (χ2n) is 4.99. The van der Waals surface area contributed by atoms with Gasteiger partial charge in [0.15, 0.2) is 0 Å². The first kappa shape index (κ1) is 9.71. The Labute approximate surface area is 95.6 Å². The van der Waals surface area contributed by atoms with Crippen LogP contribution in [0.3, 0.4) is 0 Å². The van der Waals surface area contributed by atoms with Crippen LogP contribution >= 0.6 is 11.6 Å². The molecule has 1 unspecified atom stereocenters. The molecule has 2 aliphatic rings. The van der Waals surface area contributed by atoms with E-state index in [0.29, 0.717) is 11.9 Å². The van der Waals surface area contributed by atoms with Crippen molar-refractivity contribution in [2.24, 2.45) is 5.92 Å². The number of nitrogens with zero attached hydrogens (tertiary/aromatic N) is 2. The van der Waals surface area contributed by atoms with Crippen molar-refractivity contribution in [1.82, 2.24) is 9.78 Å². The third-order valence-electron chi connectivity index (χ3n) is 3.71. The molecule has 1 aromatic heterocycles. The van der Waals surface area contributed by atoms with Crippen molar-refractivity contribution in [2.45, 2.75) is 50.4 Å². The van der Waals surface area contributed by atoms with Crippen LogP contribution in [0, 0.1) is 5.92 Å². The Bertz CT molecular complexity index is 364. The number of hydrogen-bond acceptors (Lipinski definition) is 1. The molecule has 3 rings (SSSR count). The van der Waals surface area contributed by atoms with Crippen LogP contribution < -0.4 is 0 Å². The monoisotopic (exact) mass is 224 g/mol. The van der Waals surface area contributed by atoms with Gasteiger partial charge in [-0.25, -0.2) is 0 Å². The van der Waals surface area contributed by atoms with Crippen molar-refractivity contribution in [3.63, 3.8) is 0 Å². The smallest absolute Gasteiger partial charge is 0.0537 e. The number of alkyl halides is 1. The second-order valence-corrected chi connectivity index (χ2v) is 5.25. The van der Waals surface area contributed by atoms with Gasteiger partial charge in [0.1, 0.15) is 0 Å². The highest BCUT2D eigenvalue weighted by Crippen LogP contribution is 2.46. The highest BCUT2D eigenvalue weighted by molar-refractivity contribution is 6.17. The highest BCUT2D eigenvalue weighted by atomic mass is 35.5. The summed E-state index contributed by atoms with van der Waals surface area (Å²) in [5, 5.41) is 4.54. The van der Waals surface area contributed by atoms with Gasteiger partial charge in [-0.15, -0.1) is 11.6 Å². The van der Waals surface area contributed by atoms with Crippen molar-refractivity contribution < 1.29 is 0 Å². The summed E-state index contributed by atoms with van der Waals surface area (Å²) in [6.45, 7) is 2.30. The van der Waals surface area contributed by atoms with Gasteiger partial charge in [-0.2, -0.15) is 5.10 Å². The molecule has 0 bridgehead atoms. The summed E-state index contributed by atoms with van der Waals surface area (Å²) in [6.07, 6.45) is 7.38. The summed E-state index contributed by atoms with van der Waals surface area (Å²) in [5.74, 6) is 2.23. The molecule has 15 heavy (non-hydrogen) atoms. The number of hydrogen-bond donors (Lipinski definition) is 0. The minimum absolute atomic E-state index is 0.581. The summed E-state index contributed by atoms with van der Waals surface area (Å²) < 4.78 is 2.26. The Morgan fingerprint density at radius 1 is 1.47 bits per heavy atom. The van der Waals surface area contributed by atoms with Gasteiger partial charge in [0, 0.05) is 17.2 Å². The lowest BCUT2D eigenvalue weighted by Gasteiger charge is -2.15. The van der Waals surface area contributed by atoms with Gasteiger partial charge >= 0.3 is 0 Å². The molecule has 0 aromatic carbocycles. The average Bonchev–Trinajstić information content (AvgIpc) is 3.12. The maximum Gasteiger partial charge on any atom is 0.0537 e. The molecule has 3 heteroatoms. The molecule has 2 saturated carbocycles. The molecule has 0 amide bonds. The molecular weight excluding hydrogens is 208 g/mol. The van der Waals surface area contributed by atoms with Crippen LogP contribution in [0.5, 0.6) is 0 Å². The van der Waals surface area contributed by atoms with Crippen molar-refractivity contribution in [3.05, 3.63) is 17.5 Å². The topological polar surface area (TPSA) is 17.8 Å². The highest BCUT2D eigenvalue weighted by Gasteiger charge is 2.35. The van der Waals surface area contributed by atoms with Crippen LogP contribution in [0.25, 0.3) is 0 Å². The van der Waals surface area contributed by atoms with Crippen LogP contribution in [-0.4, -0.2) is 9.78 Å². The molecule has 2 nitrogen and oxygen atoms in total. The van der Waals surface area contributed by atoms with E-state index in [-0.39, 0.29) is 0 Å². The van der Waals surface area contributed by atoms with E-state index in [0.717, 1.165) is 11.8 Å². The fraction of sp³-hybridized carbons (Fsp3) is 0.750. The van der Waals surface area contributed by atoms with Gasteiger partial charge in [-0.3, -0.25) is 4.68 Å². The summed E-state index contributed by atoms with van der Waals surface area (Å²) in [5.41, 5.74) is 2.69. The minimum atomic E-state index is 0.581. The first-order chi connectivity index (χ1) is 7.31. The summed E-state index contributed by atoms with van der Waals surface area (Å²) >= 11 is 5.96. The van der Waals surface area contributed by atoms with Gasteiger partial charge in [-0.05, 0) is 38.5 Å². The molecule has 2 fully saturated rings. The molecule has 1 atom stereocenters. The van der Waals surface area contributed by atoms with Crippen LogP contribution in [0.1, 0.15) is 55.8 Å². The second kappa shape index (κ2) is 3.51. The zero-order valence-electron chi connectivity index (χ0n) is 9.12. The molecule has 0 N–H and O–H groups in total. The fourth-order valence-electron chi connectivity index (χ4n) is 2.42. The number of rotatable bonds is 4. The molecular formula is C12H17ClN2. The lowest BCUT2D eigenvalue weighted by atomic mass is 10.1. The zero-order valence-corrected chi connectivity index (χ0v) is 9.87. The van der Waals surface area contributed by atoms with Gasteiger partial charge in [-0.1, -0.05) is 0 Å². The molecule has 82 valence electrons. The number of halogens is 1. The van der Waals surface area contributed by atoms with E-state index < -0.39 is 0 Å². The van der Waals surface area contributed by atoms with Crippen LogP contribution in [0.2, 0.25) is 0 Å². The molecule has 1 heterocycles. The normalized spacial score (nSPS) is 23.1. The molecule has 0 saturated heterocycles. The first-order valence-corrected chi connectivity index (χ1v) is 6.47. The van der Waals surface area contributed by atoms with E-state index in [4.69, 9.17) is 11.6 Å². The Balaban J connectivity index is 1.94. The quantitative estimate of drug-likeness (QED) is 0.717. The predicted octanol–water partition coefficient (Wildman–Crippen LogP) is 3.47. The molecule has 0 spiro atoms. The van der Waals surface area contributed by atoms with E-state index in [9.17, 15) is 0 Å². The van der Waals surface area contributed by atoms with Crippen molar-refractivity contribution in [1.29, 1.82) is 0 Å². The van der Waals surface area contributed by atoms with Gasteiger partial charge in [0.05, 0.1) is 18.1 Å². The third-order valence-corrected chi connectivity index (χ3v) is 4.00. The lowest BCUT2D eigenvalue weighted by molar-refractivity contribution is 0.425. The van der Waals surface area contributed by atoms with Crippen LogP contribution in [-0.2, 0) is 5.88 Å². The van der Waals surface area contributed by atoms with E-state index in [1.54, 1.807) is 0 Å². The van der Waals surface area contributed by atoms with Gasteiger partial charge in [0.25, 0.3) is 0 Å². The standard InChI is InChI=1S/C12H17ClN2/c1-8(9-2-3-9)15-12(10-4-5-10)11(6-13)7-14-15/h7-10H,2-6H2,1H3. The summed E-state index contributed by atoms with van der Waals surface area (Å²) in [7, 11) is 0. The van der Waals surface area contributed by atoms with Crippen LogP contribution in [0.4, 0.5) is 0 Å². The number of aromatic nitrogens is 2. The molecule has 0 aliphatic heterocycles. The minimum Gasteiger partial charge on any atom is -0.266 e. The van der Waals surface area contributed by atoms with E-state index in [1.807, 2.05) is 6.20 Å². The maximum absolute atomic E-state index is 5.96. The first-order valence-electron chi connectivity index (χ1n) is 5.93. The average molecular weight is 225 g/mol. The zero-order chi connectivity index (χ0) is 10.4. The van der Waals surface area contributed by atoms with Gasteiger partial charge < -0.3 is 0 Å². The molecule has 2 aliphatic carbocycles. The Kier molecular flexibility index (Phi) is 2.27. The summed E-state index contributed by atoms with van der Waals surface area (Å²) in [4.78, 5) is 0. The van der Waals surface area contributed by atoms with E-state index >= 15 is 0 Å². The van der Waals surface area contributed by atoms with Crippen molar-refractivity contribution in [3.8, 4) is 0 Å². The predicted molar refractivity (Wildman–Crippen MR) is 61.2 cm³/mol. The van der Waals surface area contributed by atoms with Gasteiger partial charge in [0.2, 0.25) is 0 Å². The third kappa shape index (κ3) is 1.69. The van der Waals surface area contributed by atoms with E-state index in [2.05, 4.69) is 16.7 Å². The van der Waals surface area contributed by atoms with E-state index in [1.165, 1.54) is 36.9 Å². The maximum atomic E-state index is 5.96. The molecule has 0 radical (unpaired) electrons. The largest absolute Gasteiger partial charge is 0.266 e. The van der Waals surface area contributed by atoms with Crippen molar-refractivity contribution >= 4 is 11.6 Å². The van der Waals surface area contributed by atoms with Crippen LogP contribution in [0.15, 0.2) is 6.20 Å². The SMILES string of the molecule is CC(C1CC1)n1ncc(CCl)c1C1CC1. The van der Waals surface area contributed by atoms with Crippen molar-refractivity contribution in [2.75, 3.05) is 0 Å². The Morgan fingerprint density at radius 3 is 2.73 bits per heavy atom. The summed E-state index contributed by atoms with van der Waals surface area (Å²) in [6, 6.07) is 0.581. The Morgan fingerprint density at radius 2 is 2.20 bits per heavy atom.